The fourth-order valence-electron chi connectivity index (χ4n) is 2.27. The number of rotatable bonds is 7. The Morgan fingerprint density at radius 1 is 1.24 bits per heavy atom. The molecule has 3 rings (SSSR count). The second kappa shape index (κ2) is 7.80. The first kappa shape index (κ1) is 17.0. The van der Waals surface area contributed by atoms with Gasteiger partial charge in [0.2, 0.25) is 0 Å². The van der Waals surface area contributed by atoms with Gasteiger partial charge in [-0.15, -0.1) is 16.4 Å². The lowest BCUT2D eigenvalue weighted by atomic mass is 10.3. The van der Waals surface area contributed by atoms with Crippen molar-refractivity contribution in [1.82, 2.24) is 19.7 Å². The van der Waals surface area contributed by atoms with Crippen molar-refractivity contribution in [2.75, 3.05) is 13.2 Å². The van der Waals surface area contributed by atoms with E-state index in [9.17, 15) is 9.59 Å². The Hall–Kier alpha value is -2.87. The van der Waals surface area contributed by atoms with Gasteiger partial charge in [-0.25, -0.2) is 9.48 Å². The van der Waals surface area contributed by atoms with E-state index in [0.29, 0.717) is 24.7 Å². The number of benzene rings is 1. The molecule has 2 heterocycles. The van der Waals surface area contributed by atoms with Crippen LogP contribution in [0.4, 0.5) is 0 Å². The van der Waals surface area contributed by atoms with Crippen LogP contribution in [-0.4, -0.2) is 33.4 Å². The molecule has 0 spiro atoms. The highest BCUT2D eigenvalue weighted by molar-refractivity contribution is 7.13. The number of aromatic nitrogens is 3. The molecule has 0 saturated heterocycles. The fourth-order valence-corrected chi connectivity index (χ4v) is 3.02. The average molecular weight is 358 g/mol. The van der Waals surface area contributed by atoms with Crippen LogP contribution in [-0.2, 0) is 18.4 Å². The van der Waals surface area contributed by atoms with E-state index in [1.54, 1.807) is 19.2 Å². The third kappa shape index (κ3) is 4.16. The third-order valence-electron chi connectivity index (χ3n) is 3.54. The zero-order valence-corrected chi connectivity index (χ0v) is 14.5. The summed E-state index contributed by atoms with van der Waals surface area (Å²) in [6.45, 7) is 0.536. The maximum Gasteiger partial charge on any atom is 0.346 e. The van der Waals surface area contributed by atoms with Gasteiger partial charge in [0.05, 0.1) is 11.4 Å². The summed E-state index contributed by atoms with van der Waals surface area (Å²) >= 11 is 1.52. The summed E-state index contributed by atoms with van der Waals surface area (Å²) in [5, 5.41) is 9.00. The highest BCUT2D eigenvalue weighted by Gasteiger charge is 2.12. The molecule has 3 aromatic rings. The summed E-state index contributed by atoms with van der Waals surface area (Å²) in [6.07, 6.45) is 0. The van der Waals surface area contributed by atoms with Crippen LogP contribution in [0, 0.1) is 0 Å². The second-order valence-electron chi connectivity index (χ2n) is 5.32. The van der Waals surface area contributed by atoms with Gasteiger partial charge in [-0.3, -0.25) is 9.36 Å². The van der Waals surface area contributed by atoms with Gasteiger partial charge in [0.1, 0.15) is 5.75 Å². The molecule has 7 nitrogen and oxygen atoms in total. The molecule has 0 bridgehead atoms. The molecule has 0 radical (unpaired) electrons. The summed E-state index contributed by atoms with van der Waals surface area (Å²) in [6, 6.07) is 13.0. The van der Waals surface area contributed by atoms with Gasteiger partial charge in [-0.1, -0.05) is 24.3 Å². The van der Waals surface area contributed by atoms with Crippen molar-refractivity contribution < 1.29 is 9.53 Å². The number of nitrogens with one attached hydrogen (secondary N) is 1. The molecule has 2 aromatic heterocycles. The normalized spacial score (nSPS) is 10.6. The van der Waals surface area contributed by atoms with Crippen LogP contribution in [0.5, 0.6) is 5.75 Å². The molecule has 0 unspecified atom stereocenters. The van der Waals surface area contributed by atoms with Crippen LogP contribution in [0.25, 0.3) is 10.7 Å². The van der Waals surface area contributed by atoms with Gasteiger partial charge in [-0.05, 0) is 23.6 Å². The third-order valence-corrected chi connectivity index (χ3v) is 4.41. The molecular weight excluding hydrogens is 340 g/mol. The number of thiophene rings is 1. The Labute approximate surface area is 148 Å². The molecule has 0 aliphatic heterocycles. The van der Waals surface area contributed by atoms with Crippen LogP contribution in [0.3, 0.4) is 0 Å². The average Bonchev–Trinajstić information content (AvgIpc) is 3.25. The smallest absolute Gasteiger partial charge is 0.346 e. The largest absolute Gasteiger partial charge is 0.484 e. The van der Waals surface area contributed by atoms with Crippen LogP contribution >= 0.6 is 11.3 Å². The lowest BCUT2D eigenvalue weighted by molar-refractivity contribution is -0.123. The molecule has 1 N–H and O–H groups in total. The van der Waals surface area contributed by atoms with Crippen molar-refractivity contribution in [3.05, 3.63) is 58.3 Å². The van der Waals surface area contributed by atoms with Crippen molar-refractivity contribution in [3.63, 3.8) is 0 Å². The first-order chi connectivity index (χ1) is 12.1. The number of carbonyl (C=O) groups excluding carboxylic acids is 1. The molecule has 0 aliphatic rings. The van der Waals surface area contributed by atoms with Gasteiger partial charge < -0.3 is 10.1 Å². The number of hydrogen-bond donors (Lipinski definition) is 1. The van der Waals surface area contributed by atoms with E-state index in [2.05, 4.69) is 10.4 Å². The molecule has 1 aromatic carbocycles. The minimum atomic E-state index is -0.244. The summed E-state index contributed by atoms with van der Waals surface area (Å²) in [5.41, 5.74) is -0.210. The van der Waals surface area contributed by atoms with Crippen molar-refractivity contribution in [2.45, 2.75) is 6.54 Å². The zero-order chi connectivity index (χ0) is 17.6. The lowest BCUT2D eigenvalue weighted by Crippen LogP contribution is -2.34. The zero-order valence-electron chi connectivity index (χ0n) is 13.7. The van der Waals surface area contributed by atoms with Crippen molar-refractivity contribution in [3.8, 4) is 16.5 Å². The Bertz CT molecular complexity index is 885. The molecule has 0 atom stereocenters. The number of hydrogen-bond acceptors (Lipinski definition) is 5. The van der Waals surface area contributed by atoms with Gasteiger partial charge >= 0.3 is 5.69 Å². The Balaban J connectivity index is 1.51. The van der Waals surface area contributed by atoms with Crippen molar-refractivity contribution in [1.29, 1.82) is 0 Å². The number of nitrogens with zero attached hydrogens (tertiary/aromatic N) is 3. The first-order valence-corrected chi connectivity index (χ1v) is 8.65. The maximum atomic E-state index is 12.2. The number of ether oxygens (including phenoxy) is 1. The quantitative estimate of drug-likeness (QED) is 0.694. The standard InChI is InChI=1S/C17H18N4O3S/c1-20-16(14-8-5-11-25-14)19-21(17(20)23)10-9-18-15(22)12-24-13-6-3-2-4-7-13/h2-8,11H,9-10,12H2,1H3,(H,18,22). The molecule has 130 valence electrons. The lowest BCUT2D eigenvalue weighted by Gasteiger charge is -2.07. The monoisotopic (exact) mass is 358 g/mol. The van der Waals surface area contributed by atoms with E-state index in [0.717, 1.165) is 4.88 Å². The molecule has 1 amide bonds. The molecular formula is C17H18N4O3S. The molecule has 8 heteroatoms. The minimum absolute atomic E-state index is 0.0679. The van der Waals surface area contributed by atoms with E-state index in [-0.39, 0.29) is 18.2 Å². The van der Waals surface area contributed by atoms with E-state index in [4.69, 9.17) is 4.74 Å². The number of amides is 1. The SMILES string of the molecule is Cn1c(-c2cccs2)nn(CCNC(=O)COc2ccccc2)c1=O. The predicted octanol–water partition coefficient (Wildman–Crippen LogP) is 1.51. The number of carbonyl (C=O) groups is 1. The summed E-state index contributed by atoms with van der Waals surface area (Å²) < 4.78 is 8.23. The summed E-state index contributed by atoms with van der Waals surface area (Å²) in [5.74, 6) is 1.02. The highest BCUT2D eigenvalue weighted by Crippen LogP contribution is 2.20. The van der Waals surface area contributed by atoms with Crippen molar-refractivity contribution >= 4 is 17.2 Å². The molecule has 25 heavy (non-hydrogen) atoms. The predicted molar refractivity (Wildman–Crippen MR) is 95.7 cm³/mol. The molecule has 0 aliphatic carbocycles. The minimum Gasteiger partial charge on any atom is -0.484 e. The van der Waals surface area contributed by atoms with Crippen LogP contribution in [0.2, 0.25) is 0 Å². The Morgan fingerprint density at radius 2 is 2.04 bits per heavy atom. The van der Waals surface area contributed by atoms with E-state index < -0.39 is 0 Å². The summed E-state index contributed by atoms with van der Waals surface area (Å²) in [4.78, 5) is 24.9. The fraction of sp³-hybridized carbons (Fsp3) is 0.235. The van der Waals surface area contributed by atoms with Gasteiger partial charge in [0.25, 0.3) is 5.91 Å². The summed E-state index contributed by atoms with van der Waals surface area (Å²) in [7, 11) is 1.69. The van der Waals surface area contributed by atoms with Gasteiger partial charge in [-0.2, -0.15) is 0 Å². The highest BCUT2D eigenvalue weighted by atomic mass is 32.1. The van der Waals surface area contributed by atoms with Gasteiger partial charge in [0.15, 0.2) is 12.4 Å². The van der Waals surface area contributed by atoms with E-state index >= 15 is 0 Å². The maximum absolute atomic E-state index is 12.2. The number of para-hydroxylation sites is 1. The topological polar surface area (TPSA) is 78.2 Å². The first-order valence-electron chi connectivity index (χ1n) is 7.77. The van der Waals surface area contributed by atoms with Gasteiger partial charge in [0, 0.05) is 13.6 Å². The van der Waals surface area contributed by atoms with Crippen LogP contribution < -0.4 is 15.7 Å². The Kier molecular flexibility index (Phi) is 5.30. The van der Waals surface area contributed by atoms with Crippen molar-refractivity contribution in [2.24, 2.45) is 7.05 Å². The second-order valence-corrected chi connectivity index (χ2v) is 6.27. The molecule has 0 saturated carbocycles. The van der Waals surface area contributed by atoms with E-state index in [1.807, 2.05) is 35.7 Å². The Morgan fingerprint density at radius 3 is 2.76 bits per heavy atom. The van der Waals surface area contributed by atoms with Crippen LogP contribution in [0.1, 0.15) is 0 Å². The van der Waals surface area contributed by atoms with Crippen LogP contribution in [0.15, 0.2) is 52.6 Å². The van der Waals surface area contributed by atoms with E-state index in [1.165, 1.54) is 20.6 Å². The molecule has 0 fully saturated rings.